The smallest absolute Gasteiger partial charge is 0.335 e. The molecule has 1 heterocycles. The number of hydrogen-bond donors (Lipinski definition) is 2. The molecule has 1 unspecified atom stereocenters. The molecule has 142 valence electrons. The summed E-state index contributed by atoms with van der Waals surface area (Å²) in [4.78, 5) is 16.6. The predicted molar refractivity (Wildman–Crippen MR) is 92.4 cm³/mol. The Bertz CT molecular complexity index is 895. The van der Waals surface area contributed by atoms with Crippen LogP contribution in [0.15, 0.2) is 42.5 Å². The molecule has 2 N–H and O–H groups in total. The van der Waals surface area contributed by atoms with Gasteiger partial charge in [-0.25, -0.2) is 13.6 Å². The Kier molecular flexibility index (Phi) is 5.00. The summed E-state index contributed by atoms with van der Waals surface area (Å²) in [5, 5.41) is 9.10. The van der Waals surface area contributed by atoms with Gasteiger partial charge in [-0.05, 0) is 43.3 Å². The lowest BCUT2D eigenvalue weighted by Gasteiger charge is -2.21. The molecule has 27 heavy (non-hydrogen) atoms. The first kappa shape index (κ1) is 18.7. The van der Waals surface area contributed by atoms with E-state index in [1.54, 1.807) is 6.92 Å². The summed E-state index contributed by atoms with van der Waals surface area (Å²) in [7, 11) is 1.43. The van der Waals surface area contributed by atoms with Crippen LogP contribution in [0, 0.1) is 11.6 Å². The van der Waals surface area contributed by atoms with Crippen molar-refractivity contribution in [3.63, 3.8) is 0 Å². The third-order valence-corrected chi connectivity index (χ3v) is 4.00. The second-order valence-electron chi connectivity index (χ2n) is 6.13. The van der Waals surface area contributed by atoms with E-state index in [4.69, 9.17) is 19.4 Å². The molecule has 1 atom stereocenters. The van der Waals surface area contributed by atoms with Gasteiger partial charge in [-0.3, -0.25) is 10.3 Å². The average molecular weight is 377 g/mol. The summed E-state index contributed by atoms with van der Waals surface area (Å²) in [6.45, 7) is 1.60. The van der Waals surface area contributed by atoms with Gasteiger partial charge in [-0.15, -0.1) is 0 Å². The minimum Gasteiger partial charge on any atom is -0.493 e. The lowest BCUT2D eigenvalue weighted by Crippen LogP contribution is -2.33. The van der Waals surface area contributed by atoms with Crippen molar-refractivity contribution < 1.29 is 33.0 Å². The molecule has 6 nitrogen and oxygen atoms in total. The number of aromatic carboxylic acids is 1. The molecule has 0 aromatic heterocycles. The van der Waals surface area contributed by atoms with Gasteiger partial charge in [0.15, 0.2) is 11.5 Å². The zero-order valence-corrected chi connectivity index (χ0v) is 14.6. The first-order valence-corrected chi connectivity index (χ1v) is 7.98. The van der Waals surface area contributed by atoms with E-state index in [1.807, 2.05) is 0 Å². The van der Waals surface area contributed by atoms with Crippen molar-refractivity contribution in [3.05, 3.63) is 65.2 Å². The maximum atomic E-state index is 13.9. The van der Waals surface area contributed by atoms with Crippen molar-refractivity contribution in [1.82, 2.24) is 5.48 Å². The van der Waals surface area contributed by atoms with Gasteiger partial charge < -0.3 is 14.6 Å². The molecule has 2 aromatic rings. The second-order valence-corrected chi connectivity index (χ2v) is 6.13. The van der Waals surface area contributed by atoms with Gasteiger partial charge in [0.25, 0.3) is 0 Å². The number of ether oxygens (including phenoxy) is 2. The Morgan fingerprint density at radius 2 is 1.93 bits per heavy atom. The van der Waals surface area contributed by atoms with Crippen LogP contribution < -0.4 is 15.0 Å². The van der Waals surface area contributed by atoms with Crippen molar-refractivity contribution >= 4 is 11.7 Å². The van der Waals surface area contributed by atoms with Crippen LogP contribution in [0.1, 0.15) is 22.8 Å². The van der Waals surface area contributed by atoms with Crippen molar-refractivity contribution in [2.75, 3.05) is 13.7 Å². The van der Waals surface area contributed by atoms with E-state index in [0.717, 1.165) is 12.1 Å². The molecular formula is C19H17F2NO5. The number of halogens is 2. The van der Waals surface area contributed by atoms with Crippen LogP contribution in [0.2, 0.25) is 0 Å². The zero-order chi connectivity index (χ0) is 19.6. The van der Waals surface area contributed by atoms with Crippen LogP contribution in [0.4, 0.5) is 8.78 Å². The average Bonchev–Trinajstić information content (AvgIpc) is 3.01. The fraction of sp³-hybridized carbons (Fsp3) is 0.211. The topological polar surface area (TPSA) is 77.0 Å². The Hall–Kier alpha value is -3.13. The number of rotatable bonds is 6. The third kappa shape index (κ3) is 3.85. The van der Waals surface area contributed by atoms with Crippen LogP contribution in [0.25, 0.3) is 5.70 Å². The minimum atomic E-state index is -1.11. The number of carbonyl (C=O) groups is 1. The van der Waals surface area contributed by atoms with Crippen LogP contribution >= 0.6 is 0 Å². The van der Waals surface area contributed by atoms with Gasteiger partial charge >= 0.3 is 5.97 Å². The quantitative estimate of drug-likeness (QED) is 0.804. The van der Waals surface area contributed by atoms with E-state index in [1.165, 1.54) is 37.5 Å². The lowest BCUT2D eigenvalue weighted by atomic mass is 10.0. The maximum absolute atomic E-state index is 13.9. The summed E-state index contributed by atoms with van der Waals surface area (Å²) in [5.74, 6) is -2.00. The number of hydrogen-bond acceptors (Lipinski definition) is 5. The summed E-state index contributed by atoms with van der Waals surface area (Å²) < 4.78 is 38.7. The SMILES string of the molecule is COc1ccc(C(=O)O)cc1OCC1(C)C=C(c2c(F)cccc2F)NO1. The minimum absolute atomic E-state index is 0.0334. The van der Waals surface area contributed by atoms with E-state index in [9.17, 15) is 13.6 Å². The number of carboxylic acids is 1. The fourth-order valence-electron chi connectivity index (χ4n) is 2.63. The molecule has 8 heteroatoms. The molecule has 0 fully saturated rings. The monoisotopic (exact) mass is 377 g/mol. The third-order valence-electron chi connectivity index (χ3n) is 4.00. The Morgan fingerprint density at radius 1 is 1.22 bits per heavy atom. The lowest BCUT2D eigenvalue weighted by molar-refractivity contribution is -0.0477. The van der Waals surface area contributed by atoms with Gasteiger partial charge in [0.2, 0.25) is 0 Å². The van der Waals surface area contributed by atoms with Gasteiger partial charge in [0.05, 0.1) is 23.9 Å². The number of benzene rings is 2. The van der Waals surface area contributed by atoms with Crippen LogP contribution in [0.3, 0.4) is 0 Å². The van der Waals surface area contributed by atoms with Gasteiger partial charge in [-0.1, -0.05) is 6.07 Å². The predicted octanol–water partition coefficient (Wildman–Crippen LogP) is 3.39. The molecule has 1 aliphatic heterocycles. The Labute approximate surface area is 153 Å². The summed E-state index contributed by atoms with van der Waals surface area (Å²) in [6, 6.07) is 7.76. The zero-order valence-electron chi connectivity index (χ0n) is 14.6. The van der Waals surface area contributed by atoms with E-state index in [-0.39, 0.29) is 29.2 Å². The normalized spacial score (nSPS) is 18.6. The molecule has 0 radical (unpaired) electrons. The molecule has 0 bridgehead atoms. The molecule has 3 rings (SSSR count). The highest BCUT2D eigenvalue weighted by Crippen LogP contribution is 2.32. The van der Waals surface area contributed by atoms with E-state index >= 15 is 0 Å². The molecule has 0 spiro atoms. The van der Waals surface area contributed by atoms with Crippen molar-refractivity contribution in [1.29, 1.82) is 0 Å². The number of methoxy groups -OCH3 is 1. The second kappa shape index (κ2) is 7.24. The van der Waals surface area contributed by atoms with Crippen molar-refractivity contribution in [3.8, 4) is 11.5 Å². The highest BCUT2D eigenvalue weighted by molar-refractivity contribution is 5.88. The summed E-state index contributed by atoms with van der Waals surface area (Å²) in [6.07, 6.45) is 1.50. The van der Waals surface area contributed by atoms with Crippen LogP contribution in [-0.4, -0.2) is 30.4 Å². The first-order chi connectivity index (χ1) is 12.8. The van der Waals surface area contributed by atoms with Crippen LogP contribution in [0.5, 0.6) is 11.5 Å². The summed E-state index contributed by atoms with van der Waals surface area (Å²) >= 11 is 0. The standard InChI is InChI=1S/C19H17F2NO5/c1-19(9-14(22-27-19)17-12(20)4-3-5-13(17)21)10-26-16-8-11(18(23)24)6-7-15(16)25-2/h3-9,22H,10H2,1-2H3,(H,23,24). The number of nitrogens with one attached hydrogen (secondary N) is 1. The Morgan fingerprint density at radius 3 is 2.56 bits per heavy atom. The molecule has 0 aliphatic carbocycles. The highest BCUT2D eigenvalue weighted by Gasteiger charge is 2.33. The van der Waals surface area contributed by atoms with Crippen molar-refractivity contribution in [2.45, 2.75) is 12.5 Å². The number of carboxylic acid groups (broad SMARTS) is 1. The van der Waals surface area contributed by atoms with Gasteiger partial charge in [0.1, 0.15) is 23.8 Å². The molecule has 0 saturated carbocycles. The van der Waals surface area contributed by atoms with Crippen LogP contribution in [-0.2, 0) is 4.84 Å². The van der Waals surface area contributed by atoms with E-state index in [2.05, 4.69) is 5.48 Å². The van der Waals surface area contributed by atoms with Gasteiger partial charge in [-0.2, -0.15) is 0 Å². The van der Waals surface area contributed by atoms with Crippen molar-refractivity contribution in [2.24, 2.45) is 0 Å². The highest BCUT2D eigenvalue weighted by atomic mass is 19.1. The molecule has 1 aliphatic rings. The Balaban J connectivity index is 1.82. The first-order valence-electron chi connectivity index (χ1n) is 7.98. The molecule has 2 aromatic carbocycles. The van der Waals surface area contributed by atoms with E-state index in [0.29, 0.717) is 5.75 Å². The maximum Gasteiger partial charge on any atom is 0.335 e. The number of hydroxylamine groups is 1. The molecule has 0 amide bonds. The summed E-state index contributed by atoms with van der Waals surface area (Å²) in [5.41, 5.74) is 1.41. The molecular weight excluding hydrogens is 360 g/mol. The largest absolute Gasteiger partial charge is 0.493 e. The van der Waals surface area contributed by atoms with Gasteiger partial charge in [0, 0.05) is 0 Å². The molecule has 0 saturated heterocycles. The van der Waals surface area contributed by atoms with E-state index < -0.39 is 23.2 Å². The fourth-order valence-corrected chi connectivity index (χ4v) is 2.63.